The van der Waals surface area contributed by atoms with E-state index in [9.17, 15) is 18.0 Å². The fraction of sp³-hybridized carbons (Fsp3) is 0.857. The number of nitrogens with zero attached hydrogens (tertiary/aromatic N) is 2. The molecule has 0 spiro atoms. The highest BCUT2D eigenvalue weighted by molar-refractivity contribution is 5.81. The molecule has 0 aromatic carbocycles. The molecule has 0 saturated heterocycles. The highest BCUT2D eigenvalue weighted by Gasteiger charge is 2.38. The summed E-state index contributed by atoms with van der Waals surface area (Å²) in [6.07, 6.45) is -4.01. The van der Waals surface area contributed by atoms with E-state index in [1.807, 2.05) is 0 Å². The van der Waals surface area contributed by atoms with E-state index in [0.29, 0.717) is 6.42 Å². The highest BCUT2D eigenvalue weighted by atomic mass is 19.4. The third kappa shape index (κ3) is 6.25. The molecule has 0 heterocycles. The fourth-order valence-corrected chi connectivity index (χ4v) is 2.61. The Morgan fingerprint density at radius 1 is 1.39 bits per heavy atom. The van der Waals surface area contributed by atoms with E-state index in [0.717, 1.165) is 19.3 Å². The van der Waals surface area contributed by atoms with Gasteiger partial charge >= 0.3 is 6.18 Å². The molecule has 1 fully saturated rings. The summed E-state index contributed by atoms with van der Waals surface area (Å²) in [7, 11) is 4.86. The summed E-state index contributed by atoms with van der Waals surface area (Å²) in [5.41, 5.74) is 0. The maximum atomic E-state index is 12.3. The maximum Gasteiger partial charge on any atom is 0.416 e. The standard InChI is InChI=1S/C14H25F3N4O2/c1-18-13(19-8-11(22)14(15,16)17)20-10-6-4-5-9(7-10)12(23)21(2)3/h9-11,22H,4-8H2,1-3H3,(H2,18,19,20). The van der Waals surface area contributed by atoms with Crippen LogP contribution in [0, 0.1) is 5.92 Å². The lowest BCUT2D eigenvalue weighted by atomic mass is 9.85. The van der Waals surface area contributed by atoms with Gasteiger partial charge in [0.2, 0.25) is 5.91 Å². The van der Waals surface area contributed by atoms with Crippen molar-refractivity contribution in [1.29, 1.82) is 0 Å². The van der Waals surface area contributed by atoms with Gasteiger partial charge in [0, 0.05) is 33.1 Å². The zero-order valence-electron chi connectivity index (χ0n) is 13.7. The Morgan fingerprint density at radius 3 is 2.57 bits per heavy atom. The van der Waals surface area contributed by atoms with Crippen LogP contribution in [0.4, 0.5) is 13.2 Å². The van der Waals surface area contributed by atoms with Gasteiger partial charge < -0.3 is 20.6 Å². The first-order valence-electron chi connectivity index (χ1n) is 7.58. The van der Waals surface area contributed by atoms with Crippen molar-refractivity contribution in [1.82, 2.24) is 15.5 Å². The monoisotopic (exact) mass is 338 g/mol. The van der Waals surface area contributed by atoms with Gasteiger partial charge in [0.25, 0.3) is 0 Å². The smallest absolute Gasteiger partial charge is 0.382 e. The predicted octanol–water partition coefficient (Wildman–Crippen LogP) is 0.722. The van der Waals surface area contributed by atoms with Crippen molar-refractivity contribution >= 4 is 11.9 Å². The molecule has 3 N–H and O–H groups in total. The maximum absolute atomic E-state index is 12.3. The van der Waals surface area contributed by atoms with Crippen molar-refractivity contribution in [2.45, 2.75) is 44.0 Å². The van der Waals surface area contributed by atoms with Crippen molar-refractivity contribution < 1.29 is 23.1 Å². The highest BCUT2D eigenvalue weighted by Crippen LogP contribution is 2.25. The summed E-state index contributed by atoms with van der Waals surface area (Å²) >= 11 is 0. The molecule has 1 aliphatic carbocycles. The third-order valence-electron chi connectivity index (χ3n) is 3.87. The van der Waals surface area contributed by atoms with Gasteiger partial charge in [-0.1, -0.05) is 6.42 Å². The minimum atomic E-state index is -4.67. The quantitative estimate of drug-likeness (QED) is 0.522. The van der Waals surface area contributed by atoms with E-state index in [-0.39, 0.29) is 23.8 Å². The first kappa shape index (κ1) is 19.5. The molecule has 9 heteroatoms. The van der Waals surface area contributed by atoms with E-state index in [2.05, 4.69) is 15.6 Å². The van der Waals surface area contributed by atoms with Crippen molar-refractivity contribution in [2.75, 3.05) is 27.7 Å². The van der Waals surface area contributed by atoms with Crippen LogP contribution >= 0.6 is 0 Å². The van der Waals surface area contributed by atoms with E-state index < -0.39 is 18.8 Å². The molecular formula is C14H25F3N4O2. The number of hydrogen-bond acceptors (Lipinski definition) is 3. The molecule has 0 aliphatic heterocycles. The number of aliphatic hydroxyl groups excluding tert-OH is 1. The zero-order valence-corrected chi connectivity index (χ0v) is 13.7. The normalized spacial score (nSPS) is 24.0. The van der Waals surface area contributed by atoms with Crippen LogP contribution in [0.25, 0.3) is 0 Å². The van der Waals surface area contributed by atoms with Crippen molar-refractivity contribution in [3.8, 4) is 0 Å². The second-order valence-electron chi connectivity index (χ2n) is 5.95. The molecule has 134 valence electrons. The van der Waals surface area contributed by atoms with E-state index in [1.165, 1.54) is 7.05 Å². The van der Waals surface area contributed by atoms with Crippen LogP contribution in [0.3, 0.4) is 0 Å². The van der Waals surface area contributed by atoms with Gasteiger partial charge in [-0.2, -0.15) is 13.2 Å². The van der Waals surface area contributed by atoms with E-state index in [1.54, 1.807) is 19.0 Å². The van der Waals surface area contributed by atoms with Crippen LogP contribution < -0.4 is 10.6 Å². The lowest BCUT2D eigenvalue weighted by molar-refractivity contribution is -0.201. The van der Waals surface area contributed by atoms with Gasteiger partial charge in [0.15, 0.2) is 12.1 Å². The number of halogens is 3. The predicted molar refractivity (Wildman–Crippen MR) is 81.0 cm³/mol. The number of carbonyl (C=O) groups excluding carboxylic acids is 1. The molecule has 0 bridgehead atoms. The van der Waals surface area contributed by atoms with Crippen LogP contribution in [-0.4, -0.2) is 67.9 Å². The Morgan fingerprint density at radius 2 is 2.04 bits per heavy atom. The summed E-state index contributed by atoms with van der Waals surface area (Å²) in [6.45, 7) is -0.671. The van der Waals surface area contributed by atoms with Crippen LogP contribution in [0.15, 0.2) is 4.99 Å². The number of hydrogen-bond donors (Lipinski definition) is 3. The second-order valence-corrected chi connectivity index (χ2v) is 5.95. The average molecular weight is 338 g/mol. The molecule has 3 atom stereocenters. The summed E-state index contributed by atoms with van der Waals surface area (Å²) in [5.74, 6) is 0.165. The zero-order chi connectivity index (χ0) is 17.6. The van der Waals surface area contributed by atoms with Crippen molar-refractivity contribution in [2.24, 2.45) is 10.9 Å². The summed E-state index contributed by atoms with van der Waals surface area (Å²) in [5, 5.41) is 14.5. The van der Waals surface area contributed by atoms with Crippen LogP contribution in [0.5, 0.6) is 0 Å². The van der Waals surface area contributed by atoms with Gasteiger partial charge in [-0.3, -0.25) is 9.79 Å². The Hall–Kier alpha value is -1.51. The Bertz CT molecular complexity index is 427. The summed E-state index contributed by atoms with van der Waals surface area (Å²) in [4.78, 5) is 17.4. The number of aliphatic imine (C=N–C) groups is 1. The average Bonchev–Trinajstić information content (AvgIpc) is 2.49. The lowest BCUT2D eigenvalue weighted by Gasteiger charge is -2.31. The first-order chi connectivity index (χ1) is 10.6. The van der Waals surface area contributed by atoms with Gasteiger partial charge in [0.1, 0.15) is 0 Å². The van der Waals surface area contributed by atoms with Crippen LogP contribution in [0.2, 0.25) is 0 Å². The topological polar surface area (TPSA) is 77.0 Å². The van der Waals surface area contributed by atoms with Crippen molar-refractivity contribution in [3.05, 3.63) is 0 Å². The minimum Gasteiger partial charge on any atom is -0.382 e. The Kier molecular flexibility index (Phi) is 7.11. The Balaban J connectivity index is 2.51. The third-order valence-corrected chi connectivity index (χ3v) is 3.87. The number of amides is 1. The number of rotatable bonds is 4. The van der Waals surface area contributed by atoms with Crippen LogP contribution in [0.1, 0.15) is 25.7 Å². The largest absolute Gasteiger partial charge is 0.416 e. The Labute approximate surface area is 134 Å². The van der Waals surface area contributed by atoms with Gasteiger partial charge in [-0.15, -0.1) is 0 Å². The minimum absolute atomic E-state index is 0.0353. The molecule has 6 nitrogen and oxygen atoms in total. The first-order valence-corrected chi connectivity index (χ1v) is 7.58. The van der Waals surface area contributed by atoms with Gasteiger partial charge in [-0.05, 0) is 19.3 Å². The molecule has 1 aliphatic rings. The number of nitrogens with one attached hydrogen (secondary N) is 2. The molecule has 23 heavy (non-hydrogen) atoms. The number of carbonyl (C=O) groups is 1. The van der Waals surface area contributed by atoms with Crippen LogP contribution in [-0.2, 0) is 4.79 Å². The molecule has 1 amide bonds. The molecule has 1 saturated carbocycles. The number of alkyl halides is 3. The van der Waals surface area contributed by atoms with E-state index >= 15 is 0 Å². The number of aliphatic hydroxyl groups is 1. The lowest BCUT2D eigenvalue weighted by Crippen LogP contribution is -2.50. The SMILES string of the molecule is CN=C(NCC(O)C(F)(F)F)NC1CCCC(C(=O)N(C)C)C1. The summed E-state index contributed by atoms with van der Waals surface area (Å²) < 4.78 is 36.9. The number of guanidine groups is 1. The molecule has 1 rings (SSSR count). The molecular weight excluding hydrogens is 313 g/mol. The molecule has 0 aromatic rings. The van der Waals surface area contributed by atoms with E-state index in [4.69, 9.17) is 5.11 Å². The molecule has 0 aromatic heterocycles. The van der Waals surface area contributed by atoms with Gasteiger partial charge in [-0.25, -0.2) is 0 Å². The fourth-order valence-electron chi connectivity index (χ4n) is 2.61. The second kappa shape index (κ2) is 8.37. The van der Waals surface area contributed by atoms with Gasteiger partial charge in [0.05, 0.1) is 6.54 Å². The molecule has 0 radical (unpaired) electrons. The molecule has 3 unspecified atom stereocenters. The summed E-state index contributed by atoms with van der Waals surface area (Å²) in [6, 6.07) is -0.0353. The van der Waals surface area contributed by atoms with Crippen molar-refractivity contribution in [3.63, 3.8) is 0 Å².